The highest BCUT2D eigenvalue weighted by atomic mass is 32.1. The van der Waals surface area contributed by atoms with Gasteiger partial charge in [-0.2, -0.15) is 0 Å². The molecule has 0 saturated carbocycles. The van der Waals surface area contributed by atoms with Crippen LogP contribution in [-0.2, 0) is 0 Å². The summed E-state index contributed by atoms with van der Waals surface area (Å²) >= 11 is 1.40. The molecule has 1 aliphatic rings. The maximum atomic E-state index is 12.8. The number of nitrogens with one attached hydrogen (secondary N) is 1. The number of carbonyl (C=O) groups is 1. The van der Waals surface area contributed by atoms with Crippen LogP contribution in [-0.4, -0.2) is 33.9 Å². The van der Waals surface area contributed by atoms with Gasteiger partial charge in [0.15, 0.2) is 0 Å². The Labute approximate surface area is 168 Å². The molecule has 1 amide bonds. The minimum atomic E-state index is -0.186. The number of benzene rings is 1. The van der Waals surface area contributed by atoms with Crippen molar-refractivity contribution >= 4 is 28.9 Å². The van der Waals surface area contributed by atoms with E-state index in [9.17, 15) is 4.79 Å². The summed E-state index contributed by atoms with van der Waals surface area (Å²) in [5.41, 5.74) is 1.74. The van der Waals surface area contributed by atoms with E-state index in [2.05, 4.69) is 32.1 Å². The number of amides is 1. The first kappa shape index (κ1) is 18.6. The zero-order valence-corrected chi connectivity index (χ0v) is 16.9. The number of hydrogen-bond acceptors (Lipinski definition) is 6. The third-order valence-electron chi connectivity index (χ3n) is 5.03. The van der Waals surface area contributed by atoms with Crippen LogP contribution in [0.3, 0.4) is 0 Å². The SMILES string of the molecule is Cc1nc(-c2ccccc2)sc1C(=O)Nc1cc(N2CCC(C)CC2)ncn1. The highest BCUT2D eigenvalue weighted by molar-refractivity contribution is 7.17. The van der Waals surface area contributed by atoms with Crippen LogP contribution in [0.5, 0.6) is 0 Å². The van der Waals surface area contributed by atoms with Gasteiger partial charge in [0.2, 0.25) is 0 Å². The molecule has 0 spiro atoms. The molecule has 0 atom stereocenters. The number of rotatable bonds is 4. The van der Waals surface area contributed by atoms with E-state index >= 15 is 0 Å². The molecular formula is C21H23N5OS. The van der Waals surface area contributed by atoms with Gasteiger partial charge in [-0.25, -0.2) is 15.0 Å². The first-order valence-corrected chi connectivity index (χ1v) is 10.3. The van der Waals surface area contributed by atoms with Crippen LogP contribution in [0.2, 0.25) is 0 Å². The van der Waals surface area contributed by atoms with E-state index in [0.717, 1.165) is 53.9 Å². The molecule has 3 aromatic rings. The zero-order valence-electron chi connectivity index (χ0n) is 16.1. The molecule has 2 aromatic heterocycles. The topological polar surface area (TPSA) is 71.0 Å². The van der Waals surface area contributed by atoms with E-state index in [0.29, 0.717) is 10.7 Å². The molecule has 1 aliphatic heterocycles. The standard InChI is InChI=1S/C21H23N5OS/c1-14-8-10-26(11-9-14)18-12-17(22-13-23-18)25-20(27)19-15(2)24-21(28-19)16-6-4-3-5-7-16/h3-7,12-14H,8-11H2,1-2H3,(H,22,23,25,27). The highest BCUT2D eigenvalue weighted by Gasteiger charge is 2.19. The number of thiazole rings is 1. The van der Waals surface area contributed by atoms with Gasteiger partial charge in [0, 0.05) is 24.7 Å². The largest absolute Gasteiger partial charge is 0.356 e. The van der Waals surface area contributed by atoms with Gasteiger partial charge in [0.25, 0.3) is 5.91 Å². The molecule has 1 saturated heterocycles. The summed E-state index contributed by atoms with van der Waals surface area (Å²) in [4.78, 5) is 28.8. The van der Waals surface area contributed by atoms with Crippen molar-refractivity contribution in [3.05, 3.63) is 53.3 Å². The smallest absolute Gasteiger partial charge is 0.268 e. The third-order valence-corrected chi connectivity index (χ3v) is 6.23. The van der Waals surface area contributed by atoms with E-state index in [1.807, 2.05) is 43.3 Å². The summed E-state index contributed by atoms with van der Waals surface area (Å²) in [7, 11) is 0. The Morgan fingerprint density at radius 2 is 1.93 bits per heavy atom. The van der Waals surface area contributed by atoms with Crippen molar-refractivity contribution in [3.8, 4) is 10.6 Å². The monoisotopic (exact) mass is 393 g/mol. The number of aromatic nitrogens is 3. The van der Waals surface area contributed by atoms with Gasteiger partial charge in [-0.1, -0.05) is 37.3 Å². The minimum absolute atomic E-state index is 0.186. The second-order valence-corrected chi connectivity index (χ2v) is 8.18. The van der Waals surface area contributed by atoms with Gasteiger partial charge in [-0.05, 0) is 25.7 Å². The molecule has 0 bridgehead atoms. The van der Waals surface area contributed by atoms with E-state index in [1.54, 1.807) is 0 Å². The Kier molecular flexibility index (Phi) is 5.34. The molecule has 1 fully saturated rings. The Hall–Kier alpha value is -2.80. The molecule has 144 valence electrons. The van der Waals surface area contributed by atoms with E-state index in [4.69, 9.17) is 0 Å². The lowest BCUT2D eigenvalue weighted by Gasteiger charge is -2.31. The number of piperidine rings is 1. The lowest BCUT2D eigenvalue weighted by molar-refractivity contribution is 0.102. The molecule has 28 heavy (non-hydrogen) atoms. The molecule has 3 heterocycles. The Bertz CT molecular complexity index is 964. The van der Waals surface area contributed by atoms with Crippen molar-refractivity contribution in [2.75, 3.05) is 23.3 Å². The molecule has 1 aromatic carbocycles. The molecule has 7 heteroatoms. The van der Waals surface area contributed by atoms with Crippen molar-refractivity contribution in [1.82, 2.24) is 15.0 Å². The number of nitrogens with zero attached hydrogens (tertiary/aromatic N) is 4. The van der Waals surface area contributed by atoms with Crippen LogP contribution in [0.1, 0.15) is 35.1 Å². The Morgan fingerprint density at radius 1 is 1.18 bits per heavy atom. The fraction of sp³-hybridized carbons (Fsp3) is 0.333. The van der Waals surface area contributed by atoms with Crippen LogP contribution in [0.25, 0.3) is 10.6 Å². The average Bonchev–Trinajstić information content (AvgIpc) is 3.11. The van der Waals surface area contributed by atoms with Gasteiger partial charge >= 0.3 is 0 Å². The molecule has 1 N–H and O–H groups in total. The summed E-state index contributed by atoms with van der Waals surface area (Å²) in [6.45, 7) is 6.11. The van der Waals surface area contributed by atoms with Crippen LogP contribution in [0, 0.1) is 12.8 Å². The normalized spacial score (nSPS) is 14.9. The Balaban J connectivity index is 1.50. The molecule has 0 unspecified atom stereocenters. The molecule has 0 aliphatic carbocycles. The van der Waals surface area contributed by atoms with Crippen molar-refractivity contribution < 1.29 is 4.79 Å². The van der Waals surface area contributed by atoms with Gasteiger partial charge in [-0.15, -0.1) is 11.3 Å². The predicted octanol–water partition coefficient (Wildman–Crippen LogP) is 4.40. The maximum absolute atomic E-state index is 12.8. The summed E-state index contributed by atoms with van der Waals surface area (Å²) in [6, 6.07) is 11.7. The highest BCUT2D eigenvalue weighted by Crippen LogP contribution is 2.28. The number of hydrogen-bond donors (Lipinski definition) is 1. The molecule has 6 nitrogen and oxygen atoms in total. The van der Waals surface area contributed by atoms with E-state index < -0.39 is 0 Å². The average molecular weight is 394 g/mol. The second-order valence-electron chi connectivity index (χ2n) is 7.18. The Morgan fingerprint density at radius 3 is 2.68 bits per heavy atom. The van der Waals surface area contributed by atoms with Crippen LogP contribution in [0.15, 0.2) is 42.7 Å². The lowest BCUT2D eigenvalue weighted by Crippen LogP contribution is -2.33. The van der Waals surface area contributed by atoms with Crippen molar-refractivity contribution in [2.45, 2.75) is 26.7 Å². The number of carbonyl (C=O) groups excluding carboxylic acids is 1. The lowest BCUT2D eigenvalue weighted by atomic mass is 9.99. The van der Waals surface area contributed by atoms with E-state index in [-0.39, 0.29) is 5.91 Å². The van der Waals surface area contributed by atoms with Crippen molar-refractivity contribution in [1.29, 1.82) is 0 Å². The summed E-state index contributed by atoms with van der Waals surface area (Å²) < 4.78 is 0. The van der Waals surface area contributed by atoms with Crippen LogP contribution >= 0.6 is 11.3 Å². The predicted molar refractivity (Wildman–Crippen MR) is 113 cm³/mol. The fourth-order valence-electron chi connectivity index (χ4n) is 3.31. The third kappa shape index (κ3) is 4.04. The molecular weight excluding hydrogens is 370 g/mol. The molecule has 0 radical (unpaired) electrons. The molecule has 4 rings (SSSR count). The first-order chi connectivity index (χ1) is 13.6. The van der Waals surface area contributed by atoms with Crippen molar-refractivity contribution in [2.24, 2.45) is 5.92 Å². The van der Waals surface area contributed by atoms with Crippen molar-refractivity contribution in [3.63, 3.8) is 0 Å². The summed E-state index contributed by atoms with van der Waals surface area (Å²) in [5.74, 6) is 1.95. The van der Waals surface area contributed by atoms with Gasteiger partial charge in [0.05, 0.1) is 5.69 Å². The summed E-state index contributed by atoms with van der Waals surface area (Å²) in [5, 5.41) is 3.75. The second kappa shape index (κ2) is 8.06. The zero-order chi connectivity index (χ0) is 19.5. The van der Waals surface area contributed by atoms with E-state index in [1.165, 1.54) is 17.7 Å². The maximum Gasteiger partial charge on any atom is 0.268 e. The quantitative estimate of drug-likeness (QED) is 0.711. The first-order valence-electron chi connectivity index (χ1n) is 9.51. The van der Waals surface area contributed by atoms with Gasteiger partial charge < -0.3 is 10.2 Å². The van der Waals surface area contributed by atoms with Crippen LogP contribution in [0.4, 0.5) is 11.6 Å². The van der Waals surface area contributed by atoms with Gasteiger partial charge in [0.1, 0.15) is 27.8 Å². The van der Waals surface area contributed by atoms with Crippen LogP contribution < -0.4 is 10.2 Å². The number of aryl methyl sites for hydroxylation is 1. The summed E-state index contributed by atoms with van der Waals surface area (Å²) in [6.07, 6.45) is 3.83. The number of anilines is 2. The minimum Gasteiger partial charge on any atom is -0.356 e. The van der Waals surface area contributed by atoms with Gasteiger partial charge in [-0.3, -0.25) is 4.79 Å². The fourth-order valence-corrected chi connectivity index (χ4v) is 4.28.